The Morgan fingerprint density at radius 2 is 1.88 bits per heavy atom. The standard InChI is InChI=1S/C10H8F2N4S/c1-13-8-6(11)5-7(12)9(16-8)17-10-14-3-2-4-15-10/h2-5H,1H3,(H,13,16). The van der Waals surface area contributed by atoms with Crippen LogP contribution in [0.15, 0.2) is 34.7 Å². The third kappa shape index (κ3) is 2.68. The van der Waals surface area contributed by atoms with Crippen LogP contribution in [0.1, 0.15) is 0 Å². The zero-order valence-electron chi connectivity index (χ0n) is 8.82. The van der Waals surface area contributed by atoms with E-state index in [4.69, 9.17) is 0 Å². The summed E-state index contributed by atoms with van der Waals surface area (Å²) < 4.78 is 26.6. The molecule has 0 spiro atoms. The van der Waals surface area contributed by atoms with Gasteiger partial charge in [0, 0.05) is 25.5 Å². The quantitative estimate of drug-likeness (QED) is 0.852. The van der Waals surface area contributed by atoms with Gasteiger partial charge in [0.1, 0.15) is 5.03 Å². The molecule has 0 saturated heterocycles. The van der Waals surface area contributed by atoms with Crippen molar-refractivity contribution in [1.82, 2.24) is 15.0 Å². The highest BCUT2D eigenvalue weighted by molar-refractivity contribution is 7.99. The maximum Gasteiger partial charge on any atom is 0.193 e. The molecule has 88 valence electrons. The number of halogens is 2. The lowest BCUT2D eigenvalue weighted by Crippen LogP contribution is -2.00. The van der Waals surface area contributed by atoms with E-state index in [1.165, 1.54) is 19.4 Å². The molecule has 0 aromatic carbocycles. The lowest BCUT2D eigenvalue weighted by Gasteiger charge is -2.05. The van der Waals surface area contributed by atoms with Crippen LogP contribution in [0.25, 0.3) is 0 Å². The Hall–Kier alpha value is -1.76. The summed E-state index contributed by atoms with van der Waals surface area (Å²) in [5.41, 5.74) is 0. The molecule has 2 aromatic heterocycles. The minimum atomic E-state index is -0.737. The first-order chi connectivity index (χ1) is 8.20. The molecule has 2 aromatic rings. The minimum Gasteiger partial charge on any atom is -0.371 e. The second-order valence-electron chi connectivity index (χ2n) is 2.99. The Balaban J connectivity index is 2.33. The number of nitrogens with one attached hydrogen (secondary N) is 1. The first-order valence-electron chi connectivity index (χ1n) is 4.69. The van der Waals surface area contributed by atoms with Crippen LogP contribution < -0.4 is 5.32 Å². The van der Waals surface area contributed by atoms with E-state index in [9.17, 15) is 8.78 Å². The van der Waals surface area contributed by atoms with Crippen molar-refractivity contribution in [1.29, 1.82) is 0 Å². The van der Waals surface area contributed by atoms with Crippen molar-refractivity contribution in [3.8, 4) is 0 Å². The molecule has 0 fully saturated rings. The number of hydrogen-bond acceptors (Lipinski definition) is 5. The Morgan fingerprint density at radius 3 is 2.53 bits per heavy atom. The average Bonchev–Trinajstić information content (AvgIpc) is 2.34. The summed E-state index contributed by atoms with van der Waals surface area (Å²) in [6.45, 7) is 0. The fourth-order valence-electron chi connectivity index (χ4n) is 1.12. The van der Waals surface area contributed by atoms with E-state index >= 15 is 0 Å². The number of hydrogen-bond donors (Lipinski definition) is 1. The predicted molar refractivity (Wildman–Crippen MR) is 59.9 cm³/mol. The molecular weight excluding hydrogens is 246 g/mol. The molecule has 17 heavy (non-hydrogen) atoms. The van der Waals surface area contributed by atoms with Crippen LogP contribution in [0.4, 0.5) is 14.6 Å². The van der Waals surface area contributed by atoms with Crippen LogP contribution in [-0.2, 0) is 0 Å². The van der Waals surface area contributed by atoms with Gasteiger partial charge >= 0.3 is 0 Å². The average molecular weight is 254 g/mol. The zero-order chi connectivity index (χ0) is 12.3. The predicted octanol–water partition coefficient (Wildman–Crippen LogP) is 2.34. The highest BCUT2D eigenvalue weighted by Crippen LogP contribution is 2.27. The molecule has 0 saturated carbocycles. The van der Waals surface area contributed by atoms with Gasteiger partial charge in [-0.05, 0) is 17.8 Å². The molecule has 1 N–H and O–H groups in total. The Morgan fingerprint density at radius 1 is 1.18 bits per heavy atom. The molecule has 7 heteroatoms. The summed E-state index contributed by atoms with van der Waals surface area (Å²) in [5.74, 6) is -1.48. The SMILES string of the molecule is CNc1nc(Sc2ncccn2)c(F)cc1F. The minimum absolute atomic E-state index is 0.00942. The Labute approximate surface area is 101 Å². The molecule has 0 aliphatic heterocycles. The van der Waals surface area contributed by atoms with E-state index < -0.39 is 11.6 Å². The van der Waals surface area contributed by atoms with Gasteiger partial charge in [0.2, 0.25) is 0 Å². The maximum atomic E-state index is 13.4. The summed E-state index contributed by atoms with van der Waals surface area (Å²) >= 11 is 0.937. The number of rotatable bonds is 3. The number of nitrogens with zero attached hydrogens (tertiary/aromatic N) is 3. The third-order valence-electron chi connectivity index (χ3n) is 1.86. The van der Waals surface area contributed by atoms with Crippen molar-refractivity contribution in [2.45, 2.75) is 10.2 Å². The number of anilines is 1. The number of pyridine rings is 1. The molecule has 0 amide bonds. The van der Waals surface area contributed by atoms with Crippen molar-refractivity contribution in [2.75, 3.05) is 12.4 Å². The first-order valence-corrected chi connectivity index (χ1v) is 5.51. The molecule has 2 heterocycles. The molecule has 4 nitrogen and oxygen atoms in total. The van der Waals surface area contributed by atoms with Gasteiger partial charge in [-0.25, -0.2) is 23.7 Å². The van der Waals surface area contributed by atoms with Crippen molar-refractivity contribution in [3.63, 3.8) is 0 Å². The normalized spacial score (nSPS) is 10.3. The van der Waals surface area contributed by atoms with Gasteiger partial charge in [-0.15, -0.1) is 0 Å². The van der Waals surface area contributed by atoms with E-state index in [1.54, 1.807) is 6.07 Å². The van der Waals surface area contributed by atoms with E-state index in [-0.39, 0.29) is 10.8 Å². The molecule has 0 radical (unpaired) electrons. The molecule has 0 aliphatic carbocycles. The largest absolute Gasteiger partial charge is 0.371 e. The van der Waals surface area contributed by atoms with Crippen LogP contribution in [-0.4, -0.2) is 22.0 Å². The second kappa shape index (κ2) is 5.05. The molecule has 0 unspecified atom stereocenters. The second-order valence-corrected chi connectivity index (χ2v) is 3.95. The summed E-state index contributed by atoms with van der Waals surface area (Å²) in [5, 5.41) is 2.93. The Kier molecular flexibility index (Phi) is 3.48. The molecule has 0 bridgehead atoms. The smallest absolute Gasteiger partial charge is 0.193 e. The van der Waals surface area contributed by atoms with Crippen LogP contribution in [0.2, 0.25) is 0 Å². The molecule has 0 atom stereocenters. The van der Waals surface area contributed by atoms with E-state index in [0.717, 1.165) is 17.8 Å². The number of aromatic nitrogens is 3. The molecule has 2 rings (SSSR count). The van der Waals surface area contributed by atoms with E-state index in [0.29, 0.717) is 5.16 Å². The van der Waals surface area contributed by atoms with E-state index in [2.05, 4.69) is 20.3 Å². The lowest BCUT2D eigenvalue weighted by molar-refractivity contribution is 0.551. The van der Waals surface area contributed by atoms with Crippen LogP contribution in [0.5, 0.6) is 0 Å². The van der Waals surface area contributed by atoms with Crippen LogP contribution >= 0.6 is 11.8 Å². The van der Waals surface area contributed by atoms with Gasteiger partial charge in [-0.3, -0.25) is 0 Å². The monoisotopic (exact) mass is 254 g/mol. The molecule has 0 aliphatic rings. The van der Waals surface area contributed by atoms with Gasteiger partial charge in [-0.2, -0.15) is 0 Å². The van der Waals surface area contributed by atoms with Gasteiger partial charge in [0.25, 0.3) is 0 Å². The van der Waals surface area contributed by atoms with Gasteiger partial charge < -0.3 is 5.32 Å². The highest BCUT2D eigenvalue weighted by atomic mass is 32.2. The topological polar surface area (TPSA) is 50.7 Å². The van der Waals surface area contributed by atoms with E-state index in [1.807, 2.05) is 0 Å². The summed E-state index contributed by atoms with van der Waals surface area (Å²) in [4.78, 5) is 11.7. The van der Waals surface area contributed by atoms with Gasteiger partial charge in [0.05, 0.1) is 0 Å². The van der Waals surface area contributed by atoms with Crippen LogP contribution in [0.3, 0.4) is 0 Å². The highest BCUT2D eigenvalue weighted by Gasteiger charge is 2.13. The van der Waals surface area contributed by atoms with Gasteiger partial charge in [-0.1, -0.05) is 0 Å². The van der Waals surface area contributed by atoms with Crippen molar-refractivity contribution >= 4 is 17.6 Å². The van der Waals surface area contributed by atoms with Crippen molar-refractivity contribution in [2.24, 2.45) is 0 Å². The lowest BCUT2D eigenvalue weighted by atomic mass is 10.4. The van der Waals surface area contributed by atoms with Gasteiger partial charge in [0.15, 0.2) is 22.6 Å². The molecular formula is C10H8F2N4S. The third-order valence-corrected chi connectivity index (χ3v) is 2.74. The maximum absolute atomic E-state index is 13.4. The first kappa shape index (κ1) is 11.7. The fourth-order valence-corrected chi connectivity index (χ4v) is 1.81. The fraction of sp³-hybridized carbons (Fsp3) is 0.100. The zero-order valence-corrected chi connectivity index (χ0v) is 9.63. The van der Waals surface area contributed by atoms with Crippen molar-refractivity contribution < 1.29 is 8.78 Å². The van der Waals surface area contributed by atoms with Crippen LogP contribution in [0, 0.1) is 11.6 Å². The summed E-state index contributed by atoms with van der Waals surface area (Å²) in [6.07, 6.45) is 3.07. The Bertz CT molecular complexity index is 521. The van der Waals surface area contributed by atoms with Crippen molar-refractivity contribution in [3.05, 3.63) is 36.2 Å². The summed E-state index contributed by atoms with van der Waals surface area (Å²) in [7, 11) is 1.51. The summed E-state index contributed by atoms with van der Waals surface area (Å²) in [6, 6.07) is 2.43.